The van der Waals surface area contributed by atoms with Crippen LogP contribution in [0.4, 0.5) is 0 Å². The monoisotopic (exact) mass is 152 g/mol. The van der Waals surface area contributed by atoms with E-state index in [1.54, 1.807) is 23.6 Å². The Morgan fingerprint density at radius 3 is 2.36 bits per heavy atom. The van der Waals surface area contributed by atoms with Gasteiger partial charge in [-0.1, -0.05) is 18.7 Å². The van der Waals surface area contributed by atoms with Gasteiger partial charge in [-0.25, -0.2) is 0 Å². The third kappa shape index (κ3) is 3.75. The van der Waals surface area contributed by atoms with Crippen LogP contribution in [-0.2, 0) is 0 Å². The lowest BCUT2D eigenvalue weighted by Gasteiger charge is -2.21. The predicted octanol–water partition coefficient (Wildman–Crippen LogP) is 1.33. The summed E-state index contributed by atoms with van der Waals surface area (Å²) in [6.45, 7) is 12.8. The number of aliphatic hydroxyl groups is 1. The molecule has 2 nitrogen and oxygen atoms in total. The fraction of sp³-hybridized carbons (Fsp3) is 0.222. The van der Waals surface area contributed by atoms with Gasteiger partial charge in [-0.3, -0.25) is 4.90 Å². The summed E-state index contributed by atoms with van der Waals surface area (Å²) in [7, 11) is 0. The van der Waals surface area contributed by atoms with Crippen LogP contribution in [-0.4, -0.2) is 22.8 Å². The topological polar surface area (TPSA) is 23.5 Å². The van der Waals surface area contributed by atoms with Gasteiger partial charge in [0.1, 0.15) is 6.23 Å². The van der Waals surface area contributed by atoms with Crippen molar-refractivity contribution < 1.29 is 5.11 Å². The van der Waals surface area contributed by atoms with Crippen molar-refractivity contribution in [2.75, 3.05) is 6.54 Å². The summed E-state index contributed by atoms with van der Waals surface area (Å²) in [6.07, 6.45) is 4.10. The fourth-order valence-electron chi connectivity index (χ4n) is 0.677. The standard InChI is InChI=1S/C9H14NO/c1-4-7-10(8-5-2)9(11)6-3/h4-7,9,11H,1-3,8H2. The van der Waals surface area contributed by atoms with Crippen molar-refractivity contribution in [3.05, 3.63) is 44.5 Å². The predicted molar refractivity (Wildman–Crippen MR) is 47.6 cm³/mol. The van der Waals surface area contributed by atoms with Gasteiger partial charge in [0.05, 0.1) is 0 Å². The molecular weight excluding hydrogens is 138 g/mol. The Kier molecular flexibility index (Phi) is 5.43. The highest BCUT2D eigenvalue weighted by Gasteiger charge is 2.07. The average molecular weight is 152 g/mol. The lowest BCUT2D eigenvalue weighted by molar-refractivity contribution is 0.0784. The molecule has 2 heteroatoms. The second-order valence-electron chi connectivity index (χ2n) is 2.02. The van der Waals surface area contributed by atoms with E-state index in [2.05, 4.69) is 19.7 Å². The highest BCUT2D eigenvalue weighted by atomic mass is 16.3. The van der Waals surface area contributed by atoms with Gasteiger partial charge in [-0.2, -0.15) is 0 Å². The van der Waals surface area contributed by atoms with E-state index in [0.29, 0.717) is 6.54 Å². The van der Waals surface area contributed by atoms with Crippen molar-refractivity contribution in [1.82, 2.24) is 4.90 Å². The van der Waals surface area contributed by atoms with Crippen molar-refractivity contribution in [3.8, 4) is 0 Å². The van der Waals surface area contributed by atoms with Gasteiger partial charge in [0, 0.05) is 13.1 Å². The van der Waals surface area contributed by atoms with Gasteiger partial charge in [0.25, 0.3) is 0 Å². The molecule has 0 saturated heterocycles. The van der Waals surface area contributed by atoms with Crippen molar-refractivity contribution >= 4 is 0 Å². The van der Waals surface area contributed by atoms with Gasteiger partial charge in [0.15, 0.2) is 0 Å². The molecule has 1 N–H and O–H groups in total. The van der Waals surface area contributed by atoms with Crippen LogP contribution in [0.2, 0.25) is 0 Å². The summed E-state index contributed by atoms with van der Waals surface area (Å²) in [6, 6.07) is 0. The highest BCUT2D eigenvalue weighted by Crippen LogP contribution is 2.00. The van der Waals surface area contributed by atoms with E-state index < -0.39 is 6.23 Å². The molecular formula is C9H14NO. The highest BCUT2D eigenvalue weighted by molar-refractivity contribution is 4.94. The van der Waals surface area contributed by atoms with Crippen LogP contribution in [0.5, 0.6) is 0 Å². The van der Waals surface area contributed by atoms with Gasteiger partial charge < -0.3 is 5.11 Å². The van der Waals surface area contributed by atoms with E-state index in [-0.39, 0.29) is 0 Å². The minimum atomic E-state index is -0.661. The maximum Gasteiger partial charge on any atom is 0.127 e. The number of hydrogen-bond donors (Lipinski definition) is 1. The Labute approximate surface area is 68.1 Å². The lowest BCUT2D eigenvalue weighted by atomic mass is 10.4. The summed E-state index contributed by atoms with van der Waals surface area (Å²) in [5.74, 6) is 0. The van der Waals surface area contributed by atoms with Crippen LogP contribution in [0, 0.1) is 6.54 Å². The molecule has 0 spiro atoms. The molecule has 0 heterocycles. The SMILES string of the molecule is C=C[CH]N(CC=C)C(O)C=C. The first kappa shape index (κ1) is 10.1. The fourth-order valence-corrected chi connectivity index (χ4v) is 0.677. The first-order valence-corrected chi connectivity index (χ1v) is 3.39. The number of rotatable bonds is 6. The quantitative estimate of drug-likeness (QED) is 0.458. The normalized spacial score (nSPS) is 12.5. The Hall–Kier alpha value is -0.860. The number of hydrogen-bond acceptors (Lipinski definition) is 2. The molecule has 11 heavy (non-hydrogen) atoms. The third-order valence-electron chi connectivity index (χ3n) is 1.19. The van der Waals surface area contributed by atoms with Gasteiger partial charge in [-0.05, 0) is 6.08 Å². The second kappa shape index (κ2) is 5.89. The number of nitrogens with zero attached hydrogens (tertiary/aromatic N) is 1. The van der Waals surface area contributed by atoms with Crippen LogP contribution in [0.25, 0.3) is 0 Å². The zero-order valence-electron chi connectivity index (χ0n) is 6.61. The van der Waals surface area contributed by atoms with Crippen LogP contribution in [0.15, 0.2) is 38.0 Å². The molecule has 0 fully saturated rings. The molecule has 0 aliphatic heterocycles. The van der Waals surface area contributed by atoms with E-state index in [9.17, 15) is 5.11 Å². The summed E-state index contributed by atoms with van der Waals surface area (Å²) in [5, 5.41) is 9.26. The van der Waals surface area contributed by atoms with Crippen molar-refractivity contribution in [3.63, 3.8) is 0 Å². The Bertz CT molecular complexity index is 132. The van der Waals surface area contributed by atoms with Gasteiger partial charge in [-0.15, -0.1) is 13.2 Å². The lowest BCUT2D eigenvalue weighted by Crippen LogP contribution is -2.30. The molecule has 0 rings (SSSR count). The molecule has 0 aliphatic carbocycles. The summed E-state index contributed by atoms with van der Waals surface area (Å²) < 4.78 is 0. The molecule has 1 atom stereocenters. The zero-order chi connectivity index (χ0) is 8.69. The molecule has 0 aliphatic rings. The summed E-state index contributed by atoms with van der Waals surface area (Å²) >= 11 is 0. The molecule has 0 aromatic heterocycles. The average Bonchev–Trinajstić information content (AvgIpc) is 2.03. The van der Waals surface area contributed by atoms with Crippen molar-refractivity contribution in [1.29, 1.82) is 0 Å². The van der Waals surface area contributed by atoms with E-state index in [1.165, 1.54) is 6.08 Å². The van der Waals surface area contributed by atoms with Crippen LogP contribution >= 0.6 is 0 Å². The zero-order valence-corrected chi connectivity index (χ0v) is 6.61. The largest absolute Gasteiger partial charge is 0.375 e. The molecule has 0 bridgehead atoms. The van der Waals surface area contributed by atoms with Crippen molar-refractivity contribution in [2.24, 2.45) is 0 Å². The summed E-state index contributed by atoms with van der Waals surface area (Å²) in [4.78, 5) is 1.66. The van der Waals surface area contributed by atoms with E-state index in [0.717, 1.165) is 0 Å². The Morgan fingerprint density at radius 2 is 2.00 bits per heavy atom. The molecule has 0 amide bonds. The third-order valence-corrected chi connectivity index (χ3v) is 1.19. The molecule has 61 valence electrons. The van der Waals surface area contributed by atoms with Crippen LogP contribution < -0.4 is 0 Å². The van der Waals surface area contributed by atoms with Crippen LogP contribution in [0.3, 0.4) is 0 Å². The summed E-state index contributed by atoms with van der Waals surface area (Å²) in [5.41, 5.74) is 0. The first-order valence-electron chi connectivity index (χ1n) is 3.39. The van der Waals surface area contributed by atoms with E-state index in [4.69, 9.17) is 0 Å². The smallest absolute Gasteiger partial charge is 0.127 e. The first-order chi connectivity index (χ1) is 5.26. The second-order valence-corrected chi connectivity index (χ2v) is 2.02. The molecule has 1 unspecified atom stereocenters. The minimum absolute atomic E-state index is 0.583. The minimum Gasteiger partial charge on any atom is -0.375 e. The number of aliphatic hydroxyl groups excluding tert-OH is 1. The molecule has 0 aromatic carbocycles. The molecule has 1 radical (unpaired) electrons. The van der Waals surface area contributed by atoms with Crippen LogP contribution in [0.1, 0.15) is 0 Å². The maximum atomic E-state index is 9.26. The van der Waals surface area contributed by atoms with E-state index in [1.807, 2.05) is 0 Å². The van der Waals surface area contributed by atoms with Gasteiger partial charge in [0.2, 0.25) is 0 Å². The maximum absolute atomic E-state index is 9.26. The Balaban J connectivity index is 3.94. The van der Waals surface area contributed by atoms with Crippen molar-refractivity contribution in [2.45, 2.75) is 6.23 Å². The molecule has 0 aromatic rings. The molecule has 0 saturated carbocycles. The Morgan fingerprint density at radius 1 is 1.36 bits per heavy atom. The van der Waals surface area contributed by atoms with Gasteiger partial charge >= 0.3 is 0 Å². The van der Waals surface area contributed by atoms with E-state index >= 15 is 0 Å².